The molecule has 192 valence electrons. The van der Waals surface area contributed by atoms with Crippen LogP contribution in [-0.4, -0.2) is 45.1 Å². The normalized spacial score (nSPS) is 29.9. The number of halogens is 2. The Hall–Kier alpha value is -3.26. The number of likely N-dealkylation sites (tertiary alicyclic amines) is 1. The molecule has 7 nitrogen and oxygen atoms in total. The lowest BCUT2D eigenvalue weighted by atomic mass is 9.77. The van der Waals surface area contributed by atoms with Gasteiger partial charge in [0.2, 0.25) is 11.8 Å². The van der Waals surface area contributed by atoms with Crippen LogP contribution in [0.3, 0.4) is 0 Å². The molecule has 1 aliphatic carbocycles. The maximum atomic E-state index is 14.2. The number of hydrogen-bond acceptors (Lipinski definition) is 4. The van der Waals surface area contributed by atoms with Crippen molar-refractivity contribution in [3.63, 3.8) is 0 Å². The number of urea groups is 1. The quantitative estimate of drug-likeness (QED) is 0.413. The van der Waals surface area contributed by atoms with Crippen molar-refractivity contribution in [1.82, 2.24) is 9.80 Å². The fourth-order valence-corrected chi connectivity index (χ4v) is 7.23. The zero-order valence-corrected chi connectivity index (χ0v) is 21.2. The highest BCUT2D eigenvalue weighted by Gasteiger charge is 2.77. The van der Waals surface area contributed by atoms with Gasteiger partial charge in [-0.05, 0) is 55.2 Å². The van der Waals surface area contributed by atoms with Gasteiger partial charge in [0.25, 0.3) is 5.91 Å². The molecule has 0 N–H and O–H groups in total. The summed E-state index contributed by atoms with van der Waals surface area (Å²) < 4.78 is 14.1. The molecule has 9 heteroatoms. The Balaban J connectivity index is 1.53. The summed E-state index contributed by atoms with van der Waals surface area (Å²) in [6.45, 7) is 1.76. The van der Waals surface area contributed by atoms with Crippen LogP contribution in [0.1, 0.15) is 57.1 Å². The molecule has 1 saturated carbocycles. The van der Waals surface area contributed by atoms with Crippen molar-refractivity contribution in [2.45, 2.75) is 63.1 Å². The molecule has 6 rings (SSSR count). The molecule has 4 atom stereocenters. The summed E-state index contributed by atoms with van der Waals surface area (Å²) in [5.41, 5.74) is -0.817. The third-order valence-electron chi connectivity index (χ3n) is 8.68. The Morgan fingerprint density at radius 1 is 0.973 bits per heavy atom. The maximum absolute atomic E-state index is 14.2. The lowest BCUT2D eigenvalue weighted by Crippen LogP contribution is -2.54. The van der Waals surface area contributed by atoms with Crippen LogP contribution in [-0.2, 0) is 14.4 Å². The van der Waals surface area contributed by atoms with Crippen LogP contribution in [0.2, 0.25) is 5.02 Å². The Morgan fingerprint density at radius 2 is 1.68 bits per heavy atom. The first-order valence-electron chi connectivity index (χ1n) is 12.9. The molecule has 0 radical (unpaired) electrons. The summed E-state index contributed by atoms with van der Waals surface area (Å²) in [6, 6.07) is 10.4. The van der Waals surface area contributed by atoms with E-state index >= 15 is 0 Å². The number of benzene rings is 2. The van der Waals surface area contributed by atoms with Gasteiger partial charge in [0.1, 0.15) is 11.4 Å². The van der Waals surface area contributed by atoms with E-state index in [1.165, 1.54) is 28.0 Å². The minimum Gasteiger partial charge on any atom is -0.300 e. The number of hydrogen-bond donors (Lipinski definition) is 0. The third kappa shape index (κ3) is 3.24. The second-order valence-corrected chi connectivity index (χ2v) is 10.8. The lowest BCUT2D eigenvalue weighted by Gasteiger charge is -2.37. The minimum atomic E-state index is -1.55. The van der Waals surface area contributed by atoms with Crippen LogP contribution in [0.25, 0.3) is 0 Å². The number of anilines is 1. The Kier molecular flexibility index (Phi) is 5.64. The fourth-order valence-electron chi connectivity index (χ4n) is 7.11. The number of fused-ring (bicyclic) bond motifs is 3. The monoisotopic (exact) mass is 523 g/mol. The molecule has 4 aliphatic rings. The number of carbonyl (C=O) groups excluding carboxylic acids is 4. The SMILES string of the molecule is CC[C@@]12C(=O)N(c3cccc(F)c3)C(=O)N1C(c1ccc(Cl)cc1)C1C(=O)N(C3CCCCC3)C(=O)C12. The number of carbonyl (C=O) groups is 4. The molecule has 37 heavy (non-hydrogen) atoms. The van der Waals surface area contributed by atoms with Gasteiger partial charge in [-0.3, -0.25) is 19.3 Å². The van der Waals surface area contributed by atoms with E-state index in [1.807, 2.05) is 0 Å². The average Bonchev–Trinajstić information content (AvgIpc) is 3.43. The molecule has 0 spiro atoms. The summed E-state index contributed by atoms with van der Waals surface area (Å²) in [4.78, 5) is 60.1. The van der Waals surface area contributed by atoms with Gasteiger partial charge in [-0.25, -0.2) is 14.1 Å². The number of nitrogens with zero attached hydrogens (tertiary/aromatic N) is 3. The first-order valence-corrected chi connectivity index (χ1v) is 13.2. The first kappa shape index (κ1) is 24.1. The summed E-state index contributed by atoms with van der Waals surface area (Å²) in [5.74, 6) is -3.77. The van der Waals surface area contributed by atoms with Gasteiger partial charge in [-0.2, -0.15) is 0 Å². The van der Waals surface area contributed by atoms with E-state index in [2.05, 4.69) is 0 Å². The molecule has 2 aromatic rings. The third-order valence-corrected chi connectivity index (χ3v) is 8.93. The maximum Gasteiger partial charge on any atom is 0.332 e. The van der Waals surface area contributed by atoms with Crippen LogP contribution in [0.15, 0.2) is 48.5 Å². The van der Waals surface area contributed by atoms with Crippen LogP contribution in [0.5, 0.6) is 0 Å². The van der Waals surface area contributed by atoms with Gasteiger partial charge >= 0.3 is 6.03 Å². The van der Waals surface area contributed by atoms with Crippen molar-refractivity contribution < 1.29 is 23.6 Å². The molecule has 3 saturated heterocycles. The number of amides is 5. The smallest absolute Gasteiger partial charge is 0.300 e. The van der Waals surface area contributed by atoms with Gasteiger partial charge in [-0.1, -0.05) is 56.0 Å². The van der Waals surface area contributed by atoms with Crippen molar-refractivity contribution in [3.05, 3.63) is 64.9 Å². The molecular weight excluding hydrogens is 497 g/mol. The Bertz CT molecular complexity index is 1310. The van der Waals surface area contributed by atoms with E-state index in [0.717, 1.165) is 43.1 Å². The van der Waals surface area contributed by atoms with E-state index in [0.29, 0.717) is 10.6 Å². The zero-order valence-electron chi connectivity index (χ0n) is 20.4. The van der Waals surface area contributed by atoms with Crippen molar-refractivity contribution in [1.29, 1.82) is 0 Å². The van der Waals surface area contributed by atoms with Crippen molar-refractivity contribution >= 4 is 41.0 Å². The number of imide groups is 2. The standard InChI is InChI=1S/C28H27ClFN3O4/c1-2-28-22-21(24(34)31(25(22)35)19-8-4-3-5-9-19)23(16-11-13-17(29)14-12-16)33(28)27(37)32(26(28)36)20-10-6-7-18(30)15-20/h6-7,10-15,19,21-23H,2-5,8-9H2,1H3/t21?,22?,23?,28-/m1/s1. The molecule has 3 aliphatic heterocycles. The fraction of sp³-hybridized carbons (Fsp3) is 0.429. The molecule has 0 aromatic heterocycles. The largest absolute Gasteiger partial charge is 0.332 e. The highest BCUT2D eigenvalue weighted by Crippen LogP contribution is 2.60. The summed E-state index contributed by atoms with van der Waals surface area (Å²) in [7, 11) is 0. The van der Waals surface area contributed by atoms with E-state index in [1.54, 1.807) is 31.2 Å². The Labute approximate surface area is 219 Å². The predicted octanol–water partition coefficient (Wildman–Crippen LogP) is 5.09. The zero-order chi connectivity index (χ0) is 26.1. The summed E-state index contributed by atoms with van der Waals surface area (Å²) in [6.07, 6.45) is 4.57. The van der Waals surface area contributed by atoms with E-state index < -0.39 is 41.2 Å². The number of rotatable bonds is 4. The van der Waals surface area contributed by atoms with Crippen LogP contribution in [0.4, 0.5) is 14.9 Å². The first-order chi connectivity index (χ1) is 17.8. The summed E-state index contributed by atoms with van der Waals surface area (Å²) in [5, 5.41) is 0.489. The molecule has 4 fully saturated rings. The van der Waals surface area contributed by atoms with Gasteiger partial charge in [0.15, 0.2) is 0 Å². The highest BCUT2D eigenvalue weighted by atomic mass is 35.5. The van der Waals surface area contributed by atoms with E-state index in [9.17, 15) is 23.6 Å². The van der Waals surface area contributed by atoms with Crippen molar-refractivity contribution in [2.75, 3.05) is 4.90 Å². The molecule has 2 aromatic carbocycles. The minimum absolute atomic E-state index is 0.101. The van der Waals surface area contributed by atoms with Crippen LogP contribution in [0, 0.1) is 17.7 Å². The molecule has 0 bridgehead atoms. The predicted molar refractivity (Wildman–Crippen MR) is 134 cm³/mol. The lowest BCUT2D eigenvalue weighted by molar-refractivity contribution is -0.147. The van der Waals surface area contributed by atoms with Gasteiger partial charge < -0.3 is 4.90 Å². The molecule has 5 amide bonds. The highest BCUT2D eigenvalue weighted by molar-refractivity contribution is 6.30. The summed E-state index contributed by atoms with van der Waals surface area (Å²) >= 11 is 6.13. The molecule has 3 heterocycles. The van der Waals surface area contributed by atoms with Crippen LogP contribution < -0.4 is 4.90 Å². The molecular formula is C28H27ClFN3O4. The second kappa shape index (κ2) is 8.65. The van der Waals surface area contributed by atoms with Gasteiger partial charge in [-0.15, -0.1) is 0 Å². The Morgan fingerprint density at radius 3 is 2.32 bits per heavy atom. The molecule has 3 unspecified atom stereocenters. The van der Waals surface area contributed by atoms with Gasteiger partial charge in [0, 0.05) is 11.1 Å². The van der Waals surface area contributed by atoms with Crippen LogP contribution >= 0.6 is 11.6 Å². The van der Waals surface area contributed by atoms with E-state index in [4.69, 9.17) is 11.6 Å². The van der Waals surface area contributed by atoms with Gasteiger partial charge in [0.05, 0.1) is 23.6 Å². The topological polar surface area (TPSA) is 78.0 Å². The van der Waals surface area contributed by atoms with Crippen molar-refractivity contribution in [2.24, 2.45) is 11.8 Å². The van der Waals surface area contributed by atoms with Crippen molar-refractivity contribution in [3.8, 4) is 0 Å². The average molecular weight is 524 g/mol. The van der Waals surface area contributed by atoms with E-state index in [-0.39, 0.29) is 30.0 Å². The second-order valence-electron chi connectivity index (χ2n) is 10.4.